The summed E-state index contributed by atoms with van der Waals surface area (Å²) in [6, 6.07) is 16.9. The van der Waals surface area contributed by atoms with Crippen molar-refractivity contribution in [3.8, 4) is 11.8 Å². The molecule has 1 unspecified atom stereocenters. The molecule has 0 aliphatic carbocycles. The first kappa shape index (κ1) is 14.1. The van der Waals surface area contributed by atoms with Gasteiger partial charge in [-0.3, -0.25) is 0 Å². The second-order valence-electron chi connectivity index (χ2n) is 4.55. The fraction of sp³-hybridized carbons (Fsp3) is 0.235. The number of nitrogens with zero attached hydrogens (tertiary/aromatic N) is 1. The topological polar surface area (TPSA) is 53.2 Å². The Bertz CT molecular complexity index is 599. The van der Waals surface area contributed by atoms with Crippen LogP contribution in [-0.2, 0) is 6.61 Å². The van der Waals surface area contributed by atoms with Crippen LogP contribution < -0.4 is 4.74 Å². The van der Waals surface area contributed by atoms with Crippen molar-refractivity contribution in [2.45, 2.75) is 26.1 Å². The molecule has 2 rings (SSSR count). The Balaban J connectivity index is 2.03. The van der Waals surface area contributed by atoms with Crippen LogP contribution in [0.25, 0.3) is 0 Å². The van der Waals surface area contributed by atoms with Gasteiger partial charge in [-0.2, -0.15) is 5.26 Å². The average molecular weight is 267 g/mol. The van der Waals surface area contributed by atoms with E-state index in [1.165, 1.54) is 0 Å². The van der Waals surface area contributed by atoms with Crippen molar-refractivity contribution in [2.24, 2.45) is 0 Å². The van der Waals surface area contributed by atoms with E-state index in [0.29, 0.717) is 18.6 Å². The zero-order valence-electron chi connectivity index (χ0n) is 11.4. The van der Waals surface area contributed by atoms with Crippen LogP contribution in [0, 0.1) is 11.3 Å². The molecular formula is C17H17NO2. The number of hydrogen-bond donors (Lipinski definition) is 1. The van der Waals surface area contributed by atoms with Gasteiger partial charge in [0.1, 0.15) is 12.4 Å². The lowest BCUT2D eigenvalue weighted by Gasteiger charge is -2.10. The van der Waals surface area contributed by atoms with Crippen LogP contribution in [0.4, 0.5) is 0 Å². The van der Waals surface area contributed by atoms with Crippen LogP contribution >= 0.6 is 0 Å². The Morgan fingerprint density at radius 2 is 1.85 bits per heavy atom. The minimum Gasteiger partial charge on any atom is -0.489 e. The Morgan fingerprint density at radius 3 is 2.50 bits per heavy atom. The number of aliphatic hydroxyl groups excluding tert-OH is 1. The summed E-state index contributed by atoms with van der Waals surface area (Å²) in [7, 11) is 0. The molecule has 2 aromatic rings. The highest BCUT2D eigenvalue weighted by Crippen LogP contribution is 2.21. The average Bonchev–Trinajstić information content (AvgIpc) is 2.53. The highest BCUT2D eigenvalue weighted by Gasteiger charge is 2.05. The summed E-state index contributed by atoms with van der Waals surface area (Å²) >= 11 is 0. The van der Waals surface area contributed by atoms with Crippen LogP contribution in [0.1, 0.15) is 36.1 Å². The molecule has 0 fully saturated rings. The minimum atomic E-state index is -0.427. The summed E-state index contributed by atoms with van der Waals surface area (Å²) in [6.07, 6.45) is 0.263. The zero-order chi connectivity index (χ0) is 14.4. The van der Waals surface area contributed by atoms with Crippen molar-refractivity contribution in [1.82, 2.24) is 0 Å². The van der Waals surface area contributed by atoms with E-state index in [4.69, 9.17) is 10.00 Å². The molecule has 3 nitrogen and oxygen atoms in total. The van der Waals surface area contributed by atoms with Gasteiger partial charge in [0.15, 0.2) is 0 Å². The first-order valence-electron chi connectivity index (χ1n) is 6.63. The van der Waals surface area contributed by atoms with E-state index >= 15 is 0 Å². The maximum absolute atomic E-state index is 9.72. The summed E-state index contributed by atoms with van der Waals surface area (Å²) in [4.78, 5) is 0. The van der Waals surface area contributed by atoms with Gasteiger partial charge in [0, 0.05) is 5.56 Å². The van der Waals surface area contributed by atoms with Crippen molar-refractivity contribution in [1.29, 1.82) is 5.26 Å². The van der Waals surface area contributed by atoms with E-state index in [-0.39, 0.29) is 0 Å². The number of hydrogen-bond acceptors (Lipinski definition) is 3. The molecule has 0 aliphatic rings. The fourth-order valence-electron chi connectivity index (χ4n) is 1.94. The number of nitriles is 1. The second-order valence-corrected chi connectivity index (χ2v) is 4.55. The van der Waals surface area contributed by atoms with Crippen LogP contribution in [0.5, 0.6) is 5.75 Å². The molecule has 3 heteroatoms. The largest absolute Gasteiger partial charge is 0.489 e. The van der Waals surface area contributed by atoms with Crippen LogP contribution in [0.3, 0.4) is 0 Å². The number of ether oxygens (including phenoxy) is 1. The summed E-state index contributed by atoms with van der Waals surface area (Å²) in [5.74, 6) is 0.727. The Hall–Kier alpha value is -2.31. The molecule has 0 bridgehead atoms. The smallest absolute Gasteiger partial charge is 0.119 e. The molecule has 0 aromatic heterocycles. The molecular weight excluding hydrogens is 250 g/mol. The van der Waals surface area contributed by atoms with Gasteiger partial charge in [-0.1, -0.05) is 37.3 Å². The quantitative estimate of drug-likeness (QED) is 0.900. The molecule has 0 amide bonds. The van der Waals surface area contributed by atoms with E-state index in [1.807, 2.05) is 49.4 Å². The molecule has 2 aromatic carbocycles. The third-order valence-electron chi connectivity index (χ3n) is 3.18. The second kappa shape index (κ2) is 6.74. The third-order valence-corrected chi connectivity index (χ3v) is 3.18. The molecule has 0 saturated carbocycles. The van der Waals surface area contributed by atoms with Crippen LogP contribution in [-0.4, -0.2) is 5.11 Å². The molecule has 0 heterocycles. The predicted octanol–water partition coefficient (Wildman–Crippen LogP) is 3.58. The normalized spacial score (nSPS) is 11.7. The van der Waals surface area contributed by atoms with Gasteiger partial charge in [-0.15, -0.1) is 0 Å². The summed E-state index contributed by atoms with van der Waals surface area (Å²) in [5, 5.41) is 18.7. The maximum Gasteiger partial charge on any atom is 0.119 e. The third kappa shape index (κ3) is 3.37. The highest BCUT2D eigenvalue weighted by molar-refractivity contribution is 5.37. The van der Waals surface area contributed by atoms with Crippen LogP contribution in [0.15, 0.2) is 48.5 Å². The Kier molecular flexibility index (Phi) is 4.75. The van der Waals surface area contributed by atoms with E-state index in [9.17, 15) is 5.11 Å². The lowest BCUT2D eigenvalue weighted by molar-refractivity contribution is 0.173. The van der Waals surface area contributed by atoms with Gasteiger partial charge in [0.05, 0.1) is 17.7 Å². The number of rotatable bonds is 5. The lowest BCUT2D eigenvalue weighted by atomic mass is 10.1. The van der Waals surface area contributed by atoms with Gasteiger partial charge < -0.3 is 9.84 Å². The van der Waals surface area contributed by atoms with E-state index < -0.39 is 6.10 Å². The summed E-state index contributed by atoms with van der Waals surface area (Å²) in [6.45, 7) is 2.30. The predicted molar refractivity (Wildman–Crippen MR) is 77.2 cm³/mol. The molecule has 1 N–H and O–H groups in total. The Labute approximate surface area is 119 Å². The van der Waals surface area contributed by atoms with E-state index in [0.717, 1.165) is 16.9 Å². The number of benzene rings is 2. The molecule has 0 spiro atoms. The van der Waals surface area contributed by atoms with Crippen molar-refractivity contribution < 1.29 is 9.84 Å². The zero-order valence-corrected chi connectivity index (χ0v) is 11.4. The van der Waals surface area contributed by atoms with Crippen molar-refractivity contribution in [3.63, 3.8) is 0 Å². The molecule has 20 heavy (non-hydrogen) atoms. The maximum atomic E-state index is 9.72. The van der Waals surface area contributed by atoms with Gasteiger partial charge >= 0.3 is 0 Å². The lowest BCUT2D eigenvalue weighted by Crippen LogP contribution is -1.99. The molecule has 0 saturated heterocycles. The summed E-state index contributed by atoms with van der Waals surface area (Å²) < 4.78 is 5.67. The molecule has 0 radical (unpaired) electrons. The minimum absolute atomic E-state index is 0.361. The first-order valence-corrected chi connectivity index (χ1v) is 6.63. The van der Waals surface area contributed by atoms with Gasteiger partial charge in [-0.05, 0) is 30.2 Å². The standard InChI is InChI=1S/C17H17NO2/c1-2-17(19)13-7-9-16(10-8-13)20-12-15-6-4-3-5-14(15)11-18/h3-10,17,19H,2,12H2,1H3. The van der Waals surface area contributed by atoms with E-state index in [1.54, 1.807) is 6.07 Å². The summed E-state index contributed by atoms with van der Waals surface area (Å²) in [5.41, 5.74) is 2.38. The molecule has 1 atom stereocenters. The van der Waals surface area contributed by atoms with Crippen molar-refractivity contribution in [2.75, 3.05) is 0 Å². The van der Waals surface area contributed by atoms with Gasteiger partial charge in [0.2, 0.25) is 0 Å². The Morgan fingerprint density at radius 1 is 1.15 bits per heavy atom. The molecule has 102 valence electrons. The fourth-order valence-corrected chi connectivity index (χ4v) is 1.94. The van der Waals surface area contributed by atoms with Gasteiger partial charge in [0.25, 0.3) is 0 Å². The van der Waals surface area contributed by atoms with Crippen molar-refractivity contribution in [3.05, 3.63) is 65.2 Å². The SMILES string of the molecule is CCC(O)c1ccc(OCc2ccccc2C#N)cc1. The van der Waals surface area contributed by atoms with Gasteiger partial charge in [-0.25, -0.2) is 0 Å². The highest BCUT2D eigenvalue weighted by atomic mass is 16.5. The number of aliphatic hydroxyl groups is 1. The molecule has 0 aliphatic heterocycles. The van der Waals surface area contributed by atoms with Crippen molar-refractivity contribution >= 4 is 0 Å². The van der Waals surface area contributed by atoms with Crippen LogP contribution in [0.2, 0.25) is 0 Å². The monoisotopic (exact) mass is 267 g/mol. The first-order chi connectivity index (χ1) is 9.74. The van der Waals surface area contributed by atoms with E-state index in [2.05, 4.69) is 6.07 Å².